The molecule has 4 nitrogen and oxygen atoms in total. The van der Waals surface area contributed by atoms with Crippen LogP contribution in [0.25, 0.3) is 0 Å². The van der Waals surface area contributed by atoms with E-state index in [4.69, 9.17) is 4.74 Å². The van der Waals surface area contributed by atoms with Crippen molar-refractivity contribution in [2.24, 2.45) is 5.92 Å². The molecule has 1 heterocycles. The molecule has 1 saturated heterocycles. The summed E-state index contributed by atoms with van der Waals surface area (Å²) in [6.45, 7) is 7.27. The standard InChI is InChI=1S/C17H26N2O2.ClH/c1-3-18-10-11-19-17(20)15-5-4-12-21-16(15)14-8-6-13(2)7-9-14;/h6-9,15-16,18H,3-5,10-12H2,1-2H3,(H,19,20);1H. The van der Waals surface area contributed by atoms with Crippen LogP contribution < -0.4 is 10.6 Å². The van der Waals surface area contributed by atoms with Gasteiger partial charge in [0, 0.05) is 19.7 Å². The van der Waals surface area contributed by atoms with Crippen LogP contribution in [0.3, 0.4) is 0 Å². The molecule has 0 radical (unpaired) electrons. The van der Waals surface area contributed by atoms with E-state index in [0.29, 0.717) is 6.54 Å². The number of benzene rings is 1. The predicted molar refractivity (Wildman–Crippen MR) is 91.4 cm³/mol. The number of carbonyl (C=O) groups is 1. The Morgan fingerprint density at radius 1 is 1.27 bits per heavy atom. The summed E-state index contributed by atoms with van der Waals surface area (Å²) >= 11 is 0. The first-order chi connectivity index (χ1) is 10.2. The number of aryl methyl sites for hydroxylation is 1. The molecule has 1 aliphatic rings. The van der Waals surface area contributed by atoms with Crippen molar-refractivity contribution in [3.8, 4) is 0 Å². The number of hydrogen-bond donors (Lipinski definition) is 2. The van der Waals surface area contributed by atoms with Crippen LogP contribution in [-0.2, 0) is 9.53 Å². The van der Waals surface area contributed by atoms with E-state index in [2.05, 4.69) is 48.7 Å². The lowest BCUT2D eigenvalue weighted by Gasteiger charge is -2.31. The summed E-state index contributed by atoms with van der Waals surface area (Å²) in [6, 6.07) is 8.30. The molecule has 0 saturated carbocycles. The Balaban J connectivity index is 0.00000242. The molecule has 1 aromatic carbocycles. The van der Waals surface area contributed by atoms with Crippen LogP contribution in [0.5, 0.6) is 0 Å². The quantitative estimate of drug-likeness (QED) is 0.790. The van der Waals surface area contributed by atoms with Crippen molar-refractivity contribution in [3.05, 3.63) is 35.4 Å². The molecule has 22 heavy (non-hydrogen) atoms. The van der Waals surface area contributed by atoms with Gasteiger partial charge >= 0.3 is 0 Å². The summed E-state index contributed by atoms with van der Waals surface area (Å²) in [4.78, 5) is 12.4. The zero-order valence-electron chi connectivity index (χ0n) is 13.4. The summed E-state index contributed by atoms with van der Waals surface area (Å²) in [5, 5.41) is 6.23. The van der Waals surface area contributed by atoms with Crippen LogP contribution in [0.4, 0.5) is 0 Å². The van der Waals surface area contributed by atoms with Crippen LogP contribution >= 0.6 is 12.4 Å². The molecule has 0 aliphatic carbocycles. The number of hydrogen-bond acceptors (Lipinski definition) is 3. The lowest BCUT2D eigenvalue weighted by molar-refractivity contribution is -0.134. The normalized spacial score (nSPS) is 21.0. The van der Waals surface area contributed by atoms with Crippen molar-refractivity contribution in [3.63, 3.8) is 0 Å². The highest BCUT2D eigenvalue weighted by molar-refractivity contribution is 5.85. The van der Waals surface area contributed by atoms with Crippen molar-refractivity contribution in [1.29, 1.82) is 0 Å². The Bertz CT molecular complexity index is 450. The largest absolute Gasteiger partial charge is 0.373 e. The number of likely N-dealkylation sites (N-methyl/N-ethyl adjacent to an activating group) is 1. The van der Waals surface area contributed by atoms with Gasteiger partial charge in [0.1, 0.15) is 0 Å². The minimum atomic E-state index is -0.113. The van der Waals surface area contributed by atoms with Crippen LogP contribution in [0.2, 0.25) is 0 Å². The maximum absolute atomic E-state index is 12.4. The third kappa shape index (κ3) is 5.27. The van der Waals surface area contributed by atoms with E-state index in [9.17, 15) is 4.79 Å². The smallest absolute Gasteiger partial charge is 0.226 e. The third-order valence-corrected chi connectivity index (χ3v) is 3.92. The lowest BCUT2D eigenvalue weighted by Crippen LogP contribution is -2.40. The summed E-state index contributed by atoms with van der Waals surface area (Å²) in [7, 11) is 0. The first-order valence-corrected chi connectivity index (χ1v) is 7.89. The zero-order chi connectivity index (χ0) is 15.1. The second-order valence-corrected chi connectivity index (χ2v) is 5.60. The molecule has 1 aliphatic heterocycles. The molecule has 1 fully saturated rings. The highest BCUT2D eigenvalue weighted by Crippen LogP contribution is 2.33. The number of halogens is 1. The molecule has 1 amide bonds. The van der Waals surface area contributed by atoms with Crippen molar-refractivity contribution in [2.75, 3.05) is 26.2 Å². The number of carbonyl (C=O) groups excluding carboxylic acids is 1. The van der Waals surface area contributed by atoms with Gasteiger partial charge in [-0.25, -0.2) is 0 Å². The molecule has 0 bridgehead atoms. The van der Waals surface area contributed by atoms with Gasteiger partial charge in [-0.2, -0.15) is 0 Å². The average molecular weight is 327 g/mol. The first-order valence-electron chi connectivity index (χ1n) is 7.89. The minimum absolute atomic E-state index is 0. The van der Waals surface area contributed by atoms with Gasteiger partial charge in [0.25, 0.3) is 0 Å². The molecule has 2 rings (SSSR count). The topological polar surface area (TPSA) is 50.4 Å². The number of nitrogens with one attached hydrogen (secondary N) is 2. The maximum Gasteiger partial charge on any atom is 0.226 e. The highest BCUT2D eigenvalue weighted by Gasteiger charge is 2.32. The molecule has 5 heteroatoms. The monoisotopic (exact) mass is 326 g/mol. The minimum Gasteiger partial charge on any atom is -0.373 e. The van der Waals surface area contributed by atoms with Crippen LogP contribution in [0.1, 0.15) is 37.0 Å². The van der Waals surface area contributed by atoms with E-state index in [-0.39, 0.29) is 30.3 Å². The van der Waals surface area contributed by atoms with E-state index in [1.54, 1.807) is 0 Å². The fourth-order valence-electron chi connectivity index (χ4n) is 2.72. The fourth-order valence-corrected chi connectivity index (χ4v) is 2.72. The zero-order valence-corrected chi connectivity index (χ0v) is 14.2. The molecule has 0 aromatic heterocycles. The molecule has 124 valence electrons. The molecule has 1 aromatic rings. The van der Waals surface area contributed by atoms with Crippen LogP contribution in [0, 0.1) is 12.8 Å². The van der Waals surface area contributed by atoms with Crippen molar-refractivity contribution in [2.45, 2.75) is 32.8 Å². The van der Waals surface area contributed by atoms with Gasteiger partial charge in [0.05, 0.1) is 12.0 Å². The van der Waals surface area contributed by atoms with Gasteiger partial charge in [-0.1, -0.05) is 36.8 Å². The summed E-state index contributed by atoms with van der Waals surface area (Å²) < 4.78 is 5.89. The van der Waals surface area contributed by atoms with Gasteiger partial charge in [-0.3, -0.25) is 4.79 Å². The van der Waals surface area contributed by atoms with E-state index in [1.165, 1.54) is 5.56 Å². The van der Waals surface area contributed by atoms with Gasteiger partial charge in [-0.15, -0.1) is 12.4 Å². The van der Waals surface area contributed by atoms with E-state index in [0.717, 1.165) is 38.1 Å². The summed E-state index contributed by atoms with van der Waals surface area (Å²) in [5.74, 6) is 0.0289. The molecule has 0 spiro atoms. The van der Waals surface area contributed by atoms with Gasteiger partial charge < -0.3 is 15.4 Å². The summed E-state index contributed by atoms with van der Waals surface area (Å²) in [6.07, 6.45) is 1.73. The van der Waals surface area contributed by atoms with Gasteiger partial charge in [-0.05, 0) is 31.9 Å². The van der Waals surface area contributed by atoms with E-state index < -0.39 is 0 Å². The molecular formula is C17H27ClN2O2. The van der Waals surface area contributed by atoms with Crippen LogP contribution in [-0.4, -0.2) is 32.1 Å². The predicted octanol–water partition coefficient (Wildman–Crippen LogP) is 2.61. The van der Waals surface area contributed by atoms with Gasteiger partial charge in [0.15, 0.2) is 0 Å². The number of amides is 1. The van der Waals surface area contributed by atoms with E-state index >= 15 is 0 Å². The Kier molecular flexibility index (Phi) is 8.46. The van der Waals surface area contributed by atoms with Crippen molar-refractivity contribution in [1.82, 2.24) is 10.6 Å². The maximum atomic E-state index is 12.4. The second kappa shape index (κ2) is 9.82. The van der Waals surface area contributed by atoms with E-state index in [1.807, 2.05) is 0 Å². The molecule has 2 N–H and O–H groups in total. The highest BCUT2D eigenvalue weighted by atomic mass is 35.5. The first kappa shape index (κ1) is 18.9. The SMILES string of the molecule is CCNCCNC(=O)C1CCCOC1c1ccc(C)cc1.Cl. The third-order valence-electron chi connectivity index (χ3n) is 3.92. The number of rotatable bonds is 6. The van der Waals surface area contributed by atoms with Crippen LogP contribution in [0.15, 0.2) is 24.3 Å². The Morgan fingerprint density at radius 2 is 2.00 bits per heavy atom. The van der Waals surface area contributed by atoms with Crippen molar-refractivity contribution < 1.29 is 9.53 Å². The Labute approximate surface area is 139 Å². The second-order valence-electron chi connectivity index (χ2n) is 5.60. The molecule has 2 unspecified atom stereocenters. The molecule has 2 atom stereocenters. The average Bonchev–Trinajstić information content (AvgIpc) is 2.52. The lowest BCUT2D eigenvalue weighted by atomic mass is 9.88. The van der Waals surface area contributed by atoms with Gasteiger partial charge in [0.2, 0.25) is 5.91 Å². The number of ether oxygens (including phenoxy) is 1. The Hall–Kier alpha value is -1.10. The molecular weight excluding hydrogens is 300 g/mol. The fraction of sp³-hybridized carbons (Fsp3) is 0.588. The Morgan fingerprint density at radius 3 is 2.68 bits per heavy atom. The summed E-state index contributed by atoms with van der Waals surface area (Å²) in [5.41, 5.74) is 2.33. The van der Waals surface area contributed by atoms with Crippen molar-refractivity contribution >= 4 is 18.3 Å².